The van der Waals surface area contributed by atoms with Crippen molar-refractivity contribution in [3.8, 4) is 0 Å². The molecule has 1 saturated heterocycles. The minimum absolute atomic E-state index is 0.173. The molecule has 0 saturated carbocycles. The second kappa shape index (κ2) is 5.14. The van der Waals surface area contributed by atoms with Gasteiger partial charge in [-0.05, 0) is 32.9 Å². The summed E-state index contributed by atoms with van der Waals surface area (Å²) in [6, 6.07) is 0. The molecule has 0 aromatic carbocycles. The molecule has 94 valence electrons. The lowest BCUT2D eigenvalue weighted by molar-refractivity contribution is -0.131. The van der Waals surface area contributed by atoms with E-state index in [4.69, 9.17) is 0 Å². The quantitative estimate of drug-likeness (QED) is 0.857. The molecule has 1 aliphatic rings. The lowest BCUT2D eigenvalue weighted by atomic mass is 9.80. The number of aromatic nitrogens is 1. The normalized spacial score (nSPS) is 18.9. The summed E-state index contributed by atoms with van der Waals surface area (Å²) in [7, 11) is 0. The SMILES string of the molecule is Cc1ncsc1CNC(=O)C1(C)CCNCC1. The predicted octanol–water partition coefficient (Wildman–Crippen LogP) is 1.46. The van der Waals surface area contributed by atoms with Gasteiger partial charge in [0.2, 0.25) is 5.91 Å². The number of carbonyl (C=O) groups excluding carboxylic acids is 1. The maximum absolute atomic E-state index is 12.2. The average Bonchev–Trinajstić information content (AvgIpc) is 2.73. The first-order chi connectivity index (χ1) is 8.12. The predicted molar refractivity (Wildman–Crippen MR) is 68.9 cm³/mol. The van der Waals surface area contributed by atoms with E-state index in [0.717, 1.165) is 36.5 Å². The van der Waals surface area contributed by atoms with E-state index in [1.165, 1.54) is 0 Å². The summed E-state index contributed by atoms with van der Waals surface area (Å²) < 4.78 is 0. The van der Waals surface area contributed by atoms with E-state index in [1.807, 2.05) is 12.4 Å². The molecule has 2 N–H and O–H groups in total. The van der Waals surface area contributed by atoms with Crippen molar-refractivity contribution in [3.05, 3.63) is 16.1 Å². The fourth-order valence-electron chi connectivity index (χ4n) is 2.08. The van der Waals surface area contributed by atoms with Crippen LogP contribution in [-0.2, 0) is 11.3 Å². The molecule has 0 unspecified atom stereocenters. The second-order valence-corrected chi connectivity index (χ2v) is 5.79. The first-order valence-electron chi connectivity index (χ1n) is 6.00. The van der Waals surface area contributed by atoms with Gasteiger partial charge in [-0.2, -0.15) is 0 Å². The van der Waals surface area contributed by atoms with Gasteiger partial charge >= 0.3 is 0 Å². The molecule has 1 amide bonds. The van der Waals surface area contributed by atoms with Crippen LogP contribution in [0.2, 0.25) is 0 Å². The highest BCUT2D eigenvalue weighted by molar-refractivity contribution is 7.09. The van der Waals surface area contributed by atoms with Crippen molar-refractivity contribution in [3.63, 3.8) is 0 Å². The smallest absolute Gasteiger partial charge is 0.226 e. The standard InChI is InChI=1S/C12H19N3OS/c1-9-10(17-8-15-9)7-14-11(16)12(2)3-5-13-6-4-12/h8,13H,3-7H2,1-2H3,(H,14,16). The fourth-order valence-corrected chi connectivity index (χ4v) is 2.79. The molecule has 1 fully saturated rings. The molecule has 1 aromatic rings. The summed E-state index contributed by atoms with van der Waals surface area (Å²) in [5, 5.41) is 6.33. The third kappa shape index (κ3) is 2.84. The molecule has 1 aromatic heterocycles. The Bertz CT molecular complexity index is 396. The number of rotatable bonds is 3. The van der Waals surface area contributed by atoms with E-state index in [0.29, 0.717) is 6.54 Å². The number of thiazole rings is 1. The van der Waals surface area contributed by atoms with Crippen molar-refractivity contribution in [2.75, 3.05) is 13.1 Å². The number of piperidine rings is 1. The zero-order valence-corrected chi connectivity index (χ0v) is 11.2. The van der Waals surface area contributed by atoms with Gasteiger partial charge in [-0.3, -0.25) is 4.79 Å². The van der Waals surface area contributed by atoms with Crippen molar-refractivity contribution in [1.29, 1.82) is 0 Å². The van der Waals surface area contributed by atoms with Crippen LogP contribution >= 0.6 is 11.3 Å². The Morgan fingerprint density at radius 3 is 2.88 bits per heavy atom. The lowest BCUT2D eigenvalue weighted by Gasteiger charge is -2.32. The molecule has 2 heterocycles. The van der Waals surface area contributed by atoms with Crippen LogP contribution in [0.3, 0.4) is 0 Å². The Balaban J connectivity index is 1.91. The van der Waals surface area contributed by atoms with E-state index >= 15 is 0 Å². The third-order valence-corrected chi connectivity index (χ3v) is 4.44. The topological polar surface area (TPSA) is 54.0 Å². The van der Waals surface area contributed by atoms with Crippen LogP contribution in [-0.4, -0.2) is 24.0 Å². The van der Waals surface area contributed by atoms with Crippen LogP contribution in [0.4, 0.5) is 0 Å². The molecule has 0 spiro atoms. The third-order valence-electron chi connectivity index (χ3n) is 3.51. The summed E-state index contributed by atoms with van der Waals surface area (Å²) in [6.45, 7) is 6.51. The summed E-state index contributed by atoms with van der Waals surface area (Å²) in [5.41, 5.74) is 2.64. The van der Waals surface area contributed by atoms with Crippen molar-refractivity contribution in [1.82, 2.24) is 15.6 Å². The van der Waals surface area contributed by atoms with Crippen LogP contribution < -0.4 is 10.6 Å². The molecule has 0 bridgehead atoms. The average molecular weight is 253 g/mol. The Morgan fingerprint density at radius 2 is 2.29 bits per heavy atom. The number of hydrogen-bond donors (Lipinski definition) is 2. The summed E-state index contributed by atoms with van der Waals surface area (Å²) in [4.78, 5) is 17.5. The fraction of sp³-hybridized carbons (Fsp3) is 0.667. The number of nitrogens with one attached hydrogen (secondary N) is 2. The molecule has 2 rings (SSSR count). The Labute approximate surface area is 106 Å². The molecular formula is C12H19N3OS. The van der Waals surface area contributed by atoms with Gasteiger partial charge in [0.25, 0.3) is 0 Å². The number of amides is 1. The molecular weight excluding hydrogens is 234 g/mol. The van der Waals surface area contributed by atoms with Gasteiger partial charge in [-0.15, -0.1) is 11.3 Å². The monoisotopic (exact) mass is 253 g/mol. The second-order valence-electron chi connectivity index (χ2n) is 4.85. The van der Waals surface area contributed by atoms with E-state index < -0.39 is 0 Å². The molecule has 17 heavy (non-hydrogen) atoms. The highest BCUT2D eigenvalue weighted by Gasteiger charge is 2.34. The highest BCUT2D eigenvalue weighted by Crippen LogP contribution is 2.28. The Kier molecular flexibility index (Phi) is 3.79. The van der Waals surface area contributed by atoms with Crippen molar-refractivity contribution >= 4 is 17.2 Å². The minimum Gasteiger partial charge on any atom is -0.351 e. The van der Waals surface area contributed by atoms with Gasteiger partial charge in [0.1, 0.15) is 0 Å². The van der Waals surface area contributed by atoms with Crippen LogP contribution in [0.25, 0.3) is 0 Å². The molecule has 1 aliphatic heterocycles. The van der Waals surface area contributed by atoms with Gasteiger partial charge in [0.05, 0.1) is 17.7 Å². The largest absolute Gasteiger partial charge is 0.351 e. The zero-order valence-electron chi connectivity index (χ0n) is 10.4. The van der Waals surface area contributed by atoms with Gasteiger partial charge in [-0.1, -0.05) is 6.92 Å². The first-order valence-corrected chi connectivity index (χ1v) is 6.88. The highest BCUT2D eigenvalue weighted by atomic mass is 32.1. The van der Waals surface area contributed by atoms with E-state index in [2.05, 4.69) is 22.5 Å². The number of hydrogen-bond acceptors (Lipinski definition) is 4. The first kappa shape index (κ1) is 12.5. The van der Waals surface area contributed by atoms with Gasteiger partial charge in [-0.25, -0.2) is 4.98 Å². The van der Waals surface area contributed by atoms with Crippen molar-refractivity contribution < 1.29 is 4.79 Å². The molecule has 0 radical (unpaired) electrons. The van der Waals surface area contributed by atoms with Crippen LogP contribution in [0.1, 0.15) is 30.3 Å². The molecule has 5 heteroatoms. The number of aryl methyl sites for hydroxylation is 1. The van der Waals surface area contributed by atoms with Crippen LogP contribution in [0, 0.1) is 12.3 Å². The van der Waals surface area contributed by atoms with Crippen molar-refractivity contribution in [2.24, 2.45) is 5.41 Å². The minimum atomic E-state index is -0.205. The maximum Gasteiger partial charge on any atom is 0.226 e. The van der Waals surface area contributed by atoms with E-state index in [1.54, 1.807) is 11.3 Å². The lowest BCUT2D eigenvalue weighted by Crippen LogP contribution is -2.45. The van der Waals surface area contributed by atoms with E-state index in [-0.39, 0.29) is 11.3 Å². The van der Waals surface area contributed by atoms with Crippen molar-refractivity contribution in [2.45, 2.75) is 33.2 Å². The number of carbonyl (C=O) groups is 1. The summed E-state index contributed by atoms with van der Waals surface area (Å²) in [6.07, 6.45) is 1.83. The summed E-state index contributed by atoms with van der Waals surface area (Å²) >= 11 is 1.60. The van der Waals surface area contributed by atoms with Gasteiger partial charge in [0.15, 0.2) is 0 Å². The Hall–Kier alpha value is -0.940. The number of nitrogens with zero attached hydrogens (tertiary/aromatic N) is 1. The molecule has 0 atom stereocenters. The molecule has 4 nitrogen and oxygen atoms in total. The van der Waals surface area contributed by atoms with Crippen LogP contribution in [0.15, 0.2) is 5.51 Å². The maximum atomic E-state index is 12.2. The van der Waals surface area contributed by atoms with Gasteiger partial charge in [0, 0.05) is 10.3 Å². The van der Waals surface area contributed by atoms with E-state index in [9.17, 15) is 4.79 Å². The molecule has 0 aliphatic carbocycles. The summed E-state index contributed by atoms with van der Waals surface area (Å²) in [5.74, 6) is 0.173. The Morgan fingerprint density at radius 1 is 1.59 bits per heavy atom. The van der Waals surface area contributed by atoms with Gasteiger partial charge < -0.3 is 10.6 Å². The van der Waals surface area contributed by atoms with Crippen LogP contribution in [0.5, 0.6) is 0 Å². The zero-order chi connectivity index (χ0) is 12.3.